The van der Waals surface area contributed by atoms with Crippen LogP contribution in [0.1, 0.15) is 16.1 Å². The van der Waals surface area contributed by atoms with Crippen molar-refractivity contribution in [2.75, 3.05) is 31.1 Å². The monoisotopic (exact) mass is 460 g/mol. The van der Waals surface area contributed by atoms with E-state index in [0.29, 0.717) is 53.8 Å². The smallest absolute Gasteiger partial charge is 0.259 e. The first-order chi connectivity index (χ1) is 16.1. The first-order valence-corrected chi connectivity index (χ1v) is 11.0. The number of carbonyl (C=O) groups excluding carboxylic acids is 1. The average Bonchev–Trinajstić information content (AvgIpc) is 3.25. The Balaban J connectivity index is 1.29. The molecule has 33 heavy (non-hydrogen) atoms. The number of benzene rings is 1. The van der Waals surface area contributed by atoms with Gasteiger partial charge in [-0.05, 0) is 37.3 Å². The van der Waals surface area contributed by atoms with E-state index in [0.717, 1.165) is 17.2 Å². The van der Waals surface area contributed by atoms with Crippen LogP contribution in [0.4, 0.5) is 5.82 Å². The molecular weight excluding hydrogens is 440 g/mol. The molecule has 1 aliphatic heterocycles. The summed E-state index contributed by atoms with van der Waals surface area (Å²) in [5.74, 6) is 1.15. The van der Waals surface area contributed by atoms with Crippen molar-refractivity contribution in [3.05, 3.63) is 77.1 Å². The summed E-state index contributed by atoms with van der Waals surface area (Å²) in [6.07, 6.45) is 1.73. The van der Waals surface area contributed by atoms with E-state index in [-0.39, 0.29) is 5.91 Å². The Morgan fingerprint density at radius 1 is 0.939 bits per heavy atom. The Labute approximate surface area is 195 Å². The Hall–Kier alpha value is -3.78. The van der Waals surface area contributed by atoms with Crippen LogP contribution in [-0.4, -0.2) is 57.3 Å². The molecule has 1 fully saturated rings. The topological polar surface area (TPSA) is 88.3 Å². The van der Waals surface area contributed by atoms with Crippen LogP contribution in [0, 0.1) is 6.92 Å². The van der Waals surface area contributed by atoms with Gasteiger partial charge in [0, 0.05) is 37.9 Å². The van der Waals surface area contributed by atoms with Crippen LogP contribution >= 0.6 is 11.6 Å². The number of piperazine rings is 1. The summed E-state index contributed by atoms with van der Waals surface area (Å²) in [6.45, 7) is 4.14. The van der Waals surface area contributed by atoms with Gasteiger partial charge in [0.1, 0.15) is 22.7 Å². The maximum atomic E-state index is 13.4. The molecule has 0 bridgehead atoms. The van der Waals surface area contributed by atoms with Crippen molar-refractivity contribution in [2.45, 2.75) is 6.92 Å². The van der Waals surface area contributed by atoms with Crippen LogP contribution in [0.2, 0.25) is 5.02 Å². The number of hydrogen-bond acceptors (Lipinski definition) is 7. The van der Waals surface area contributed by atoms with Crippen LogP contribution in [0.3, 0.4) is 0 Å². The number of nitrogens with zero attached hydrogens (tertiary/aromatic N) is 6. The number of carbonyl (C=O) groups is 1. The standard InChI is InChI=1S/C24H21ClN6O2/c1-16-22(23(29-33-16)17-6-2-3-7-18(17)25)24(32)31-14-12-30(13-15-31)21-10-9-20(27-28-21)19-8-4-5-11-26-19/h2-11H,12-15H2,1H3. The zero-order chi connectivity index (χ0) is 22.8. The van der Waals surface area contributed by atoms with Gasteiger partial charge in [-0.25, -0.2) is 0 Å². The molecule has 0 spiro atoms. The highest BCUT2D eigenvalue weighted by atomic mass is 35.5. The zero-order valence-electron chi connectivity index (χ0n) is 18.0. The largest absolute Gasteiger partial charge is 0.360 e. The number of anilines is 1. The highest BCUT2D eigenvalue weighted by Gasteiger charge is 2.29. The molecule has 1 saturated heterocycles. The van der Waals surface area contributed by atoms with Crippen molar-refractivity contribution in [1.29, 1.82) is 0 Å². The number of amides is 1. The predicted molar refractivity (Wildman–Crippen MR) is 125 cm³/mol. The minimum atomic E-state index is -0.111. The van der Waals surface area contributed by atoms with Gasteiger partial charge in [-0.15, -0.1) is 10.2 Å². The van der Waals surface area contributed by atoms with E-state index in [1.54, 1.807) is 19.2 Å². The van der Waals surface area contributed by atoms with E-state index >= 15 is 0 Å². The van der Waals surface area contributed by atoms with Crippen molar-refractivity contribution in [3.63, 3.8) is 0 Å². The molecular formula is C24H21ClN6O2. The van der Waals surface area contributed by atoms with Crippen molar-refractivity contribution in [1.82, 2.24) is 25.2 Å². The average molecular weight is 461 g/mol. The van der Waals surface area contributed by atoms with Gasteiger partial charge in [-0.1, -0.05) is 41.0 Å². The number of aromatic nitrogens is 4. The van der Waals surface area contributed by atoms with Crippen LogP contribution in [-0.2, 0) is 0 Å². The third-order valence-corrected chi connectivity index (χ3v) is 6.00. The van der Waals surface area contributed by atoms with Crippen LogP contribution in [0.5, 0.6) is 0 Å². The van der Waals surface area contributed by atoms with Crippen molar-refractivity contribution < 1.29 is 9.32 Å². The molecule has 5 rings (SSSR count). The summed E-state index contributed by atoms with van der Waals surface area (Å²) in [7, 11) is 0. The van der Waals surface area contributed by atoms with Crippen molar-refractivity contribution in [3.8, 4) is 22.6 Å². The molecule has 3 aromatic heterocycles. The Bertz CT molecular complexity index is 1270. The summed E-state index contributed by atoms with van der Waals surface area (Å²) < 4.78 is 5.37. The predicted octanol–water partition coefficient (Wildman–Crippen LogP) is 4.12. The van der Waals surface area contributed by atoms with Crippen LogP contribution < -0.4 is 4.90 Å². The van der Waals surface area contributed by atoms with Gasteiger partial charge in [-0.2, -0.15) is 0 Å². The summed E-state index contributed by atoms with van der Waals surface area (Å²) >= 11 is 6.34. The van der Waals surface area contributed by atoms with E-state index in [1.807, 2.05) is 53.4 Å². The van der Waals surface area contributed by atoms with E-state index in [1.165, 1.54) is 0 Å². The van der Waals surface area contributed by atoms with Crippen LogP contribution in [0.15, 0.2) is 65.3 Å². The second kappa shape index (κ2) is 8.99. The van der Waals surface area contributed by atoms with Gasteiger partial charge in [0.25, 0.3) is 5.91 Å². The maximum Gasteiger partial charge on any atom is 0.259 e. The summed E-state index contributed by atoms with van der Waals surface area (Å²) in [4.78, 5) is 21.6. The van der Waals surface area contributed by atoms with Gasteiger partial charge >= 0.3 is 0 Å². The first kappa shape index (κ1) is 21.1. The van der Waals surface area contributed by atoms with Gasteiger partial charge in [-0.3, -0.25) is 9.78 Å². The van der Waals surface area contributed by atoms with Gasteiger partial charge in [0.2, 0.25) is 0 Å². The molecule has 0 saturated carbocycles. The molecule has 0 N–H and O–H groups in total. The van der Waals surface area contributed by atoms with E-state index in [9.17, 15) is 4.79 Å². The molecule has 1 aromatic carbocycles. The van der Waals surface area contributed by atoms with Gasteiger partial charge < -0.3 is 14.3 Å². The fourth-order valence-corrected chi connectivity index (χ4v) is 4.13. The van der Waals surface area contributed by atoms with Gasteiger partial charge in [0.15, 0.2) is 5.82 Å². The lowest BCUT2D eigenvalue weighted by Crippen LogP contribution is -2.49. The second-order valence-electron chi connectivity index (χ2n) is 7.71. The first-order valence-electron chi connectivity index (χ1n) is 10.6. The molecule has 4 heterocycles. The lowest BCUT2D eigenvalue weighted by molar-refractivity contribution is 0.0745. The maximum absolute atomic E-state index is 13.4. The van der Waals surface area contributed by atoms with E-state index in [2.05, 4.69) is 25.2 Å². The molecule has 9 heteroatoms. The Morgan fingerprint density at radius 3 is 2.42 bits per heavy atom. The molecule has 4 aromatic rings. The minimum Gasteiger partial charge on any atom is -0.360 e. The number of aryl methyl sites for hydroxylation is 1. The number of rotatable bonds is 4. The van der Waals surface area contributed by atoms with Crippen molar-refractivity contribution >= 4 is 23.3 Å². The fourth-order valence-electron chi connectivity index (χ4n) is 3.90. The number of pyridine rings is 1. The molecule has 1 amide bonds. The second-order valence-corrected chi connectivity index (χ2v) is 8.12. The Morgan fingerprint density at radius 2 is 1.73 bits per heavy atom. The molecule has 0 unspecified atom stereocenters. The molecule has 0 aliphatic carbocycles. The summed E-state index contributed by atoms with van der Waals surface area (Å²) in [5.41, 5.74) is 3.12. The van der Waals surface area contributed by atoms with E-state index < -0.39 is 0 Å². The quantitative estimate of drug-likeness (QED) is 0.452. The molecule has 0 atom stereocenters. The molecule has 166 valence electrons. The molecule has 8 nitrogen and oxygen atoms in total. The summed E-state index contributed by atoms with van der Waals surface area (Å²) in [6, 6.07) is 16.8. The highest BCUT2D eigenvalue weighted by Crippen LogP contribution is 2.32. The Kier molecular flexibility index (Phi) is 5.75. The number of hydrogen-bond donors (Lipinski definition) is 0. The zero-order valence-corrected chi connectivity index (χ0v) is 18.7. The van der Waals surface area contributed by atoms with Crippen molar-refractivity contribution in [2.24, 2.45) is 0 Å². The SMILES string of the molecule is Cc1onc(-c2ccccc2Cl)c1C(=O)N1CCN(c2ccc(-c3ccccn3)nn2)CC1. The minimum absolute atomic E-state index is 0.111. The fraction of sp³-hybridized carbons (Fsp3) is 0.208. The number of halogens is 1. The van der Waals surface area contributed by atoms with E-state index in [4.69, 9.17) is 16.1 Å². The summed E-state index contributed by atoms with van der Waals surface area (Å²) in [5, 5.41) is 13.3. The molecule has 0 radical (unpaired) electrons. The molecule has 1 aliphatic rings. The van der Waals surface area contributed by atoms with Crippen LogP contribution in [0.25, 0.3) is 22.6 Å². The lowest BCUT2D eigenvalue weighted by Gasteiger charge is -2.35. The lowest BCUT2D eigenvalue weighted by atomic mass is 10.0. The highest BCUT2D eigenvalue weighted by molar-refractivity contribution is 6.33. The third-order valence-electron chi connectivity index (χ3n) is 5.67. The van der Waals surface area contributed by atoms with Gasteiger partial charge in [0.05, 0.1) is 10.7 Å². The third kappa shape index (κ3) is 4.17. The normalized spacial score (nSPS) is 13.9.